The van der Waals surface area contributed by atoms with Crippen molar-refractivity contribution in [2.75, 3.05) is 45.1 Å². The minimum atomic E-state index is -3.62. The van der Waals surface area contributed by atoms with Crippen LogP contribution in [0.3, 0.4) is 0 Å². The van der Waals surface area contributed by atoms with Crippen molar-refractivity contribution in [1.82, 2.24) is 14.3 Å². The van der Waals surface area contributed by atoms with Crippen LogP contribution in [-0.4, -0.2) is 63.0 Å². The molecule has 0 saturated carbocycles. The summed E-state index contributed by atoms with van der Waals surface area (Å²) in [6.45, 7) is 4.79. The number of rotatable bonds is 14. The molecule has 0 spiro atoms. The van der Waals surface area contributed by atoms with Gasteiger partial charge in [0, 0.05) is 47.7 Å². The van der Waals surface area contributed by atoms with E-state index in [0.717, 1.165) is 18.4 Å². The lowest BCUT2D eigenvalue weighted by Crippen LogP contribution is -2.32. The number of nitrogens with one attached hydrogen (secondary N) is 2. The molecule has 0 saturated heterocycles. The molecule has 2 N–H and O–H groups in total. The average Bonchev–Trinajstić information content (AvgIpc) is 3.04. The smallest absolute Gasteiger partial charge is 0.255 e. The lowest BCUT2D eigenvalue weighted by molar-refractivity contribution is 0.102. The van der Waals surface area contributed by atoms with Crippen LogP contribution in [0.1, 0.15) is 37.0 Å². The number of carbonyl (C=O) groups is 1. The summed E-state index contributed by atoms with van der Waals surface area (Å²) in [6, 6.07) is 16.7. The number of amides is 1. The van der Waals surface area contributed by atoms with Gasteiger partial charge in [0.25, 0.3) is 5.91 Å². The van der Waals surface area contributed by atoms with Gasteiger partial charge in [-0.2, -0.15) is 4.31 Å². The lowest BCUT2D eigenvalue weighted by Gasteiger charge is -2.21. The Kier molecular flexibility index (Phi) is 10.7. The van der Waals surface area contributed by atoms with Gasteiger partial charge in [-0.05, 0) is 49.2 Å². The van der Waals surface area contributed by atoms with E-state index < -0.39 is 10.0 Å². The number of ether oxygens (including phenoxy) is 3. The van der Waals surface area contributed by atoms with Crippen molar-refractivity contribution in [2.24, 2.45) is 0 Å². The van der Waals surface area contributed by atoms with E-state index >= 15 is 0 Å². The molecule has 12 heteroatoms. The van der Waals surface area contributed by atoms with E-state index in [-0.39, 0.29) is 10.8 Å². The number of nitrogens with zero attached hydrogens (tertiary/aromatic N) is 3. The van der Waals surface area contributed by atoms with Gasteiger partial charge >= 0.3 is 0 Å². The van der Waals surface area contributed by atoms with Crippen molar-refractivity contribution >= 4 is 33.1 Å². The molecule has 0 fully saturated rings. The van der Waals surface area contributed by atoms with E-state index in [9.17, 15) is 13.2 Å². The number of sulfonamides is 1. The maximum Gasteiger partial charge on any atom is 0.255 e. The third kappa shape index (κ3) is 7.44. The number of hydrogen-bond acceptors (Lipinski definition) is 9. The van der Waals surface area contributed by atoms with Crippen LogP contribution in [0.5, 0.6) is 17.2 Å². The summed E-state index contributed by atoms with van der Waals surface area (Å²) < 4.78 is 43.7. The van der Waals surface area contributed by atoms with Gasteiger partial charge < -0.3 is 24.8 Å². The Balaban J connectivity index is 1.44. The number of methoxy groups -OCH3 is 3. The highest BCUT2D eigenvalue weighted by molar-refractivity contribution is 7.89. The SMILES string of the molecule is CCCN(CCC)S(=O)(=O)c1ccc(C(=O)Nc2ccc(-c3cncc(Nc4cc(OC)c(OC)c(OC)c4)n3)cc2)cc1. The molecule has 0 atom stereocenters. The second-order valence-electron chi connectivity index (χ2n) is 9.79. The summed E-state index contributed by atoms with van der Waals surface area (Å²) in [5, 5.41) is 6.07. The molecule has 0 radical (unpaired) electrons. The Bertz CT molecular complexity index is 1650. The number of aromatic nitrogens is 2. The molecule has 0 aliphatic heterocycles. The third-order valence-electron chi connectivity index (χ3n) is 6.71. The van der Waals surface area contributed by atoms with Crippen molar-refractivity contribution in [3.05, 3.63) is 78.6 Å². The Morgan fingerprint density at radius 3 is 1.98 bits per heavy atom. The Hall–Kier alpha value is -4.68. The summed E-state index contributed by atoms with van der Waals surface area (Å²) in [5.41, 5.74) is 3.02. The molecule has 1 amide bonds. The second kappa shape index (κ2) is 14.7. The minimum absolute atomic E-state index is 0.170. The van der Waals surface area contributed by atoms with E-state index in [1.807, 2.05) is 26.0 Å². The van der Waals surface area contributed by atoms with Crippen molar-refractivity contribution in [1.29, 1.82) is 0 Å². The molecule has 0 bridgehead atoms. The predicted octanol–water partition coefficient (Wildman–Crippen LogP) is 5.98. The van der Waals surface area contributed by atoms with Gasteiger partial charge in [0.15, 0.2) is 11.5 Å². The lowest BCUT2D eigenvalue weighted by atomic mass is 10.1. The molecular weight excluding hydrogens is 582 g/mol. The van der Waals surface area contributed by atoms with Crippen LogP contribution in [0.2, 0.25) is 0 Å². The summed E-state index contributed by atoms with van der Waals surface area (Å²) in [5.74, 6) is 1.65. The second-order valence-corrected chi connectivity index (χ2v) is 11.7. The maximum atomic E-state index is 13.0. The first-order chi connectivity index (χ1) is 21.2. The van der Waals surface area contributed by atoms with Gasteiger partial charge in [-0.1, -0.05) is 26.0 Å². The van der Waals surface area contributed by atoms with Crippen LogP contribution in [0, 0.1) is 0 Å². The van der Waals surface area contributed by atoms with Gasteiger partial charge in [0.05, 0.1) is 44.3 Å². The maximum absolute atomic E-state index is 13.0. The highest BCUT2D eigenvalue weighted by atomic mass is 32.2. The molecule has 4 aromatic rings. The Morgan fingerprint density at radius 2 is 1.43 bits per heavy atom. The zero-order chi connectivity index (χ0) is 31.7. The Morgan fingerprint density at radius 1 is 0.818 bits per heavy atom. The van der Waals surface area contributed by atoms with Crippen LogP contribution in [0.4, 0.5) is 17.2 Å². The number of hydrogen-bond donors (Lipinski definition) is 2. The fourth-order valence-corrected chi connectivity index (χ4v) is 6.20. The molecule has 44 heavy (non-hydrogen) atoms. The molecule has 0 aliphatic carbocycles. The highest BCUT2D eigenvalue weighted by Crippen LogP contribution is 2.40. The summed E-state index contributed by atoms with van der Waals surface area (Å²) in [6.07, 6.45) is 4.69. The first kappa shape index (κ1) is 32.2. The average molecular weight is 620 g/mol. The fourth-order valence-electron chi connectivity index (χ4n) is 4.57. The molecule has 0 aliphatic rings. The van der Waals surface area contributed by atoms with E-state index in [1.54, 1.807) is 58.0 Å². The van der Waals surface area contributed by atoms with Gasteiger partial charge in [0.1, 0.15) is 5.82 Å². The first-order valence-corrected chi connectivity index (χ1v) is 15.6. The normalized spacial score (nSPS) is 11.2. The first-order valence-electron chi connectivity index (χ1n) is 14.1. The van der Waals surface area contributed by atoms with Gasteiger partial charge in [-0.3, -0.25) is 9.78 Å². The minimum Gasteiger partial charge on any atom is -0.493 e. The van der Waals surface area contributed by atoms with Crippen LogP contribution in [0.15, 0.2) is 78.0 Å². The Labute approximate surface area is 258 Å². The van der Waals surface area contributed by atoms with E-state index in [2.05, 4.69) is 20.6 Å². The summed E-state index contributed by atoms with van der Waals surface area (Å²) >= 11 is 0. The number of carbonyl (C=O) groups excluding carboxylic acids is 1. The largest absolute Gasteiger partial charge is 0.493 e. The quantitative estimate of drug-likeness (QED) is 0.175. The fraction of sp³-hybridized carbons (Fsp3) is 0.281. The molecule has 1 aromatic heterocycles. The van der Waals surface area contributed by atoms with Crippen LogP contribution in [-0.2, 0) is 10.0 Å². The van der Waals surface area contributed by atoms with Crippen LogP contribution >= 0.6 is 0 Å². The zero-order valence-corrected chi connectivity index (χ0v) is 26.3. The van der Waals surface area contributed by atoms with Crippen molar-refractivity contribution in [3.8, 4) is 28.5 Å². The molecule has 0 unspecified atom stereocenters. The third-order valence-corrected chi connectivity index (χ3v) is 8.62. The summed E-state index contributed by atoms with van der Waals surface area (Å²) in [4.78, 5) is 22.0. The van der Waals surface area contributed by atoms with Crippen LogP contribution < -0.4 is 24.8 Å². The standard InChI is InChI=1S/C32H37N5O6S/c1-6-16-37(17-7-2)44(39,40)26-14-10-23(11-15-26)32(38)35-24-12-8-22(9-13-24)27-20-33-21-30(36-27)34-25-18-28(41-3)31(43-5)29(19-25)42-4/h8-15,18-21H,6-7,16-17H2,1-5H3,(H,34,36)(H,35,38). The molecular formula is C32H37N5O6S. The monoisotopic (exact) mass is 619 g/mol. The topological polar surface area (TPSA) is 132 Å². The van der Waals surface area contributed by atoms with Gasteiger partial charge in [0.2, 0.25) is 15.8 Å². The summed E-state index contributed by atoms with van der Waals surface area (Å²) in [7, 11) is 1.02. The van der Waals surface area contributed by atoms with Gasteiger partial charge in [-0.25, -0.2) is 13.4 Å². The molecule has 11 nitrogen and oxygen atoms in total. The molecule has 1 heterocycles. The van der Waals surface area contributed by atoms with E-state index in [4.69, 9.17) is 14.2 Å². The molecule has 232 valence electrons. The number of anilines is 3. The van der Waals surface area contributed by atoms with Gasteiger partial charge in [-0.15, -0.1) is 0 Å². The van der Waals surface area contributed by atoms with Crippen molar-refractivity contribution in [2.45, 2.75) is 31.6 Å². The van der Waals surface area contributed by atoms with Crippen LogP contribution in [0.25, 0.3) is 11.3 Å². The predicted molar refractivity (Wildman–Crippen MR) is 171 cm³/mol. The van der Waals surface area contributed by atoms with E-state index in [0.29, 0.717) is 58.8 Å². The molecule has 3 aromatic carbocycles. The number of benzene rings is 3. The highest BCUT2D eigenvalue weighted by Gasteiger charge is 2.23. The van der Waals surface area contributed by atoms with Crippen molar-refractivity contribution < 1.29 is 27.4 Å². The van der Waals surface area contributed by atoms with E-state index in [1.165, 1.54) is 28.6 Å². The zero-order valence-electron chi connectivity index (χ0n) is 25.5. The van der Waals surface area contributed by atoms with Crippen molar-refractivity contribution in [3.63, 3.8) is 0 Å². The molecule has 4 rings (SSSR count).